The Morgan fingerprint density at radius 1 is 0.537 bits per heavy atom. The molecule has 0 unspecified atom stereocenters. The summed E-state index contributed by atoms with van der Waals surface area (Å²) in [5.41, 5.74) is 1.27. The first-order valence-electron chi connectivity index (χ1n) is 16.5. The lowest BCUT2D eigenvalue weighted by Gasteiger charge is -2.09. The molecule has 7 nitrogen and oxygen atoms in total. The van der Waals surface area contributed by atoms with Crippen LogP contribution in [0.2, 0.25) is 0 Å². The molecule has 3 heterocycles. The highest BCUT2D eigenvalue weighted by Crippen LogP contribution is 2.35. The molecule has 0 saturated carbocycles. The standard InChI is InChI=1S/C34H20N6O/c1-2-10-22(11-3-1)30-37-31(24-18-17-21-9-4-5-12-23(21)19-24)39-34(38-30)33-36-20-35-32(40-33)26-14-8-16-28-29(26)25-13-6-7-15-27(25)41-28/h1-20H/i1D,2D,3D,6D,10D,11D,14D,15D. The molecule has 0 radical (unpaired) electrons. The topological polar surface area (TPSA) is 90.5 Å². The lowest BCUT2D eigenvalue weighted by Crippen LogP contribution is -2.04. The highest BCUT2D eigenvalue weighted by atomic mass is 16.3. The van der Waals surface area contributed by atoms with Gasteiger partial charge in [-0.05, 0) is 28.9 Å². The minimum atomic E-state index is -0.549. The van der Waals surface area contributed by atoms with Crippen LogP contribution in [-0.2, 0) is 0 Å². The van der Waals surface area contributed by atoms with Crippen LogP contribution < -0.4 is 0 Å². The summed E-state index contributed by atoms with van der Waals surface area (Å²) in [4.78, 5) is 27.1. The normalized spacial score (nSPS) is 14.1. The van der Waals surface area contributed by atoms with Crippen molar-refractivity contribution < 1.29 is 15.4 Å². The molecule has 0 atom stereocenters. The van der Waals surface area contributed by atoms with Crippen molar-refractivity contribution >= 4 is 32.7 Å². The van der Waals surface area contributed by atoms with E-state index in [4.69, 9.17) is 15.4 Å². The summed E-state index contributed by atoms with van der Waals surface area (Å²) in [5, 5.41) is 2.80. The molecule has 5 aromatic carbocycles. The molecule has 0 spiro atoms. The van der Waals surface area contributed by atoms with Gasteiger partial charge in [0.2, 0.25) is 11.6 Å². The van der Waals surface area contributed by atoms with Crippen molar-refractivity contribution in [2.75, 3.05) is 0 Å². The summed E-state index contributed by atoms with van der Waals surface area (Å²) >= 11 is 0. The Labute approximate surface area is 245 Å². The molecule has 0 aliphatic heterocycles. The van der Waals surface area contributed by atoms with Crippen LogP contribution in [0.25, 0.3) is 78.5 Å². The molecule has 0 saturated heterocycles. The van der Waals surface area contributed by atoms with E-state index in [1.54, 1.807) is 12.1 Å². The van der Waals surface area contributed by atoms with E-state index in [1.165, 1.54) is 18.5 Å². The maximum atomic E-state index is 8.78. The maximum absolute atomic E-state index is 8.78. The van der Waals surface area contributed by atoms with E-state index in [2.05, 4.69) is 29.9 Å². The number of para-hydroxylation sites is 1. The van der Waals surface area contributed by atoms with Gasteiger partial charge in [-0.25, -0.2) is 29.9 Å². The van der Waals surface area contributed by atoms with Crippen molar-refractivity contribution in [1.82, 2.24) is 29.9 Å². The molecule has 8 aromatic rings. The number of hydrogen-bond donors (Lipinski definition) is 0. The van der Waals surface area contributed by atoms with Gasteiger partial charge in [-0.3, -0.25) is 0 Å². The average molecular weight is 537 g/mol. The fourth-order valence-electron chi connectivity index (χ4n) is 4.70. The van der Waals surface area contributed by atoms with Gasteiger partial charge in [0.15, 0.2) is 17.5 Å². The summed E-state index contributed by atoms with van der Waals surface area (Å²) in [5.74, 6) is -0.0603. The average Bonchev–Trinajstić information content (AvgIpc) is 3.48. The Balaban J connectivity index is 1.37. The number of fused-ring (bicyclic) bond motifs is 4. The predicted molar refractivity (Wildman–Crippen MR) is 160 cm³/mol. The molecular formula is C34H20N6O. The number of rotatable bonds is 4. The fourth-order valence-corrected chi connectivity index (χ4v) is 4.70. The zero-order chi connectivity index (χ0) is 34.1. The van der Waals surface area contributed by atoms with Crippen LogP contribution in [0.3, 0.4) is 0 Å². The number of benzene rings is 5. The summed E-state index contributed by atoms with van der Waals surface area (Å²) in [6, 6.07) is 16.9. The summed E-state index contributed by atoms with van der Waals surface area (Å²) in [6.07, 6.45) is 1.23. The smallest absolute Gasteiger partial charge is 0.201 e. The Morgan fingerprint density at radius 2 is 1.32 bits per heavy atom. The predicted octanol–water partition coefficient (Wildman–Crippen LogP) is 7.78. The molecule has 0 bridgehead atoms. The van der Waals surface area contributed by atoms with Crippen LogP contribution in [0.4, 0.5) is 0 Å². The quantitative estimate of drug-likeness (QED) is 0.227. The van der Waals surface area contributed by atoms with Crippen LogP contribution in [0.1, 0.15) is 11.0 Å². The van der Waals surface area contributed by atoms with Crippen molar-refractivity contribution in [1.29, 1.82) is 0 Å². The first kappa shape index (κ1) is 16.3. The third-order valence-corrected chi connectivity index (χ3v) is 6.56. The first-order chi connectivity index (χ1) is 23.6. The molecule has 0 aliphatic rings. The second-order valence-electron chi connectivity index (χ2n) is 9.04. The number of nitrogens with zero attached hydrogens (tertiary/aromatic N) is 6. The van der Waals surface area contributed by atoms with Gasteiger partial charge in [-0.1, -0.05) is 96.9 Å². The third-order valence-electron chi connectivity index (χ3n) is 6.56. The van der Waals surface area contributed by atoms with Gasteiger partial charge in [0.25, 0.3) is 0 Å². The second kappa shape index (κ2) is 9.43. The van der Waals surface area contributed by atoms with E-state index in [0.717, 1.165) is 10.8 Å². The van der Waals surface area contributed by atoms with Crippen LogP contribution >= 0.6 is 0 Å². The van der Waals surface area contributed by atoms with Gasteiger partial charge in [0.1, 0.15) is 17.5 Å². The molecular weight excluding hydrogens is 508 g/mol. The molecule has 7 heteroatoms. The SMILES string of the molecule is [2H]c1cc([2H])c2oc3ccc([2H])c(-c4ncnc(-c5nc(-c6ccc7ccccc7c6)nc(-c6c([2H])c([2H])c([2H])c([2H])c6[2H])n5)n4)c3c2c1. The highest BCUT2D eigenvalue weighted by Gasteiger charge is 2.18. The van der Waals surface area contributed by atoms with E-state index >= 15 is 0 Å². The van der Waals surface area contributed by atoms with E-state index in [0.29, 0.717) is 21.9 Å². The van der Waals surface area contributed by atoms with Gasteiger partial charge < -0.3 is 4.42 Å². The van der Waals surface area contributed by atoms with Crippen LogP contribution in [0.15, 0.2) is 126 Å². The fraction of sp³-hybridized carbons (Fsp3) is 0. The summed E-state index contributed by atoms with van der Waals surface area (Å²) in [6.45, 7) is 0. The molecule has 41 heavy (non-hydrogen) atoms. The van der Waals surface area contributed by atoms with Crippen LogP contribution in [-0.4, -0.2) is 29.9 Å². The lowest BCUT2D eigenvalue weighted by molar-refractivity contribution is 0.669. The van der Waals surface area contributed by atoms with Crippen LogP contribution in [0, 0.1) is 0 Å². The summed E-state index contributed by atoms with van der Waals surface area (Å²) < 4.78 is 72.9. The molecule has 0 N–H and O–H groups in total. The minimum Gasteiger partial charge on any atom is -0.456 e. The van der Waals surface area contributed by atoms with Crippen molar-refractivity contribution in [3.63, 3.8) is 0 Å². The van der Waals surface area contributed by atoms with Gasteiger partial charge >= 0.3 is 0 Å². The van der Waals surface area contributed by atoms with Crippen molar-refractivity contribution in [3.05, 3.63) is 121 Å². The van der Waals surface area contributed by atoms with E-state index in [-0.39, 0.29) is 64.0 Å². The van der Waals surface area contributed by atoms with E-state index in [1.807, 2.05) is 42.5 Å². The zero-order valence-corrected chi connectivity index (χ0v) is 21.0. The molecule has 3 aromatic heterocycles. The lowest BCUT2D eigenvalue weighted by atomic mass is 10.1. The molecule has 8 rings (SSSR count). The minimum absolute atomic E-state index is 0.0269. The number of aromatic nitrogens is 6. The van der Waals surface area contributed by atoms with Gasteiger partial charge in [-0.15, -0.1) is 0 Å². The maximum Gasteiger partial charge on any atom is 0.201 e. The van der Waals surface area contributed by atoms with E-state index in [9.17, 15) is 0 Å². The molecule has 0 aliphatic carbocycles. The Hall–Kier alpha value is -5.82. The molecule has 192 valence electrons. The molecule has 0 fully saturated rings. The third kappa shape index (κ3) is 4.08. The Morgan fingerprint density at radius 3 is 2.22 bits per heavy atom. The largest absolute Gasteiger partial charge is 0.456 e. The number of hydrogen-bond acceptors (Lipinski definition) is 7. The Kier molecular flexibility index (Phi) is 3.75. The number of furan rings is 1. The van der Waals surface area contributed by atoms with Crippen LogP contribution in [0.5, 0.6) is 0 Å². The second-order valence-corrected chi connectivity index (χ2v) is 9.04. The Bertz CT molecular complexity index is 2650. The van der Waals surface area contributed by atoms with Gasteiger partial charge in [0.05, 0.1) is 11.0 Å². The van der Waals surface area contributed by atoms with Gasteiger partial charge in [-0.2, -0.15) is 0 Å². The summed E-state index contributed by atoms with van der Waals surface area (Å²) in [7, 11) is 0. The van der Waals surface area contributed by atoms with Gasteiger partial charge in [0, 0.05) is 27.5 Å². The highest BCUT2D eigenvalue weighted by molar-refractivity contribution is 6.11. The van der Waals surface area contributed by atoms with Crippen molar-refractivity contribution in [2.24, 2.45) is 0 Å². The monoisotopic (exact) mass is 536 g/mol. The zero-order valence-electron chi connectivity index (χ0n) is 29.0. The van der Waals surface area contributed by atoms with Crippen molar-refractivity contribution in [3.8, 4) is 45.8 Å². The molecule has 0 amide bonds. The first-order valence-corrected chi connectivity index (χ1v) is 12.5. The van der Waals surface area contributed by atoms with Crippen molar-refractivity contribution in [2.45, 2.75) is 0 Å². The van der Waals surface area contributed by atoms with E-state index < -0.39 is 30.2 Å².